The molecule has 0 saturated carbocycles. The van der Waals surface area contributed by atoms with E-state index in [2.05, 4.69) is 9.44 Å². The molecule has 0 atom stereocenters. The first-order valence-electron chi connectivity index (χ1n) is 8.36. The molecule has 0 fully saturated rings. The van der Waals surface area contributed by atoms with Crippen molar-refractivity contribution in [3.8, 4) is 0 Å². The summed E-state index contributed by atoms with van der Waals surface area (Å²) >= 11 is 0. The van der Waals surface area contributed by atoms with Crippen molar-refractivity contribution in [2.45, 2.75) is 23.6 Å². The Kier molecular flexibility index (Phi) is 10.6. The Morgan fingerprint density at radius 3 is 1.13 bits per heavy atom. The van der Waals surface area contributed by atoms with Crippen LogP contribution in [0.25, 0.3) is 9.44 Å². The van der Waals surface area contributed by atoms with Gasteiger partial charge in [-0.1, -0.05) is 59.7 Å². The van der Waals surface area contributed by atoms with Crippen LogP contribution in [0, 0.1) is 28.7 Å². The summed E-state index contributed by atoms with van der Waals surface area (Å²) in [5.41, 5.74) is 1.75. The predicted octanol–water partition coefficient (Wildman–Crippen LogP) is 5.99. The van der Waals surface area contributed by atoms with Crippen LogP contribution in [0.15, 0.2) is 82.6 Å². The van der Waals surface area contributed by atoms with Gasteiger partial charge in [0.25, 0.3) is 0 Å². The summed E-state index contributed by atoms with van der Waals surface area (Å²) in [4.78, 5) is 0.0450. The Morgan fingerprint density at radius 1 is 0.548 bits per heavy atom. The third-order valence-electron chi connectivity index (χ3n) is 3.96. The Labute approximate surface area is 199 Å². The van der Waals surface area contributed by atoms with E-state index in [1.54, 1.807) is 36.4 Å². The van der Waals surface area contributed by atoms with Crippen LogP contribution in [0.1, 0.15) is 11.1 Å². The monoisotopic (exact) mass is 550 g/mol. The van der Waals surface area contributed by atoms with Crippen LogP contribution < -0.4 is 0 Å². The normalized spacial score (nSPS) is 10.6. The van der Waals surface area contributed by atoms with Crippen molar-refractivity contribution < 1.29 is 37.3 Å². The molecule has 172 valence electrons. The van der Waals surface area contributed by atoms with E-state index in [0.29, 0.717) is 0 Å². The van der Waals surface area contributed by atoms with Crippen molar-refractivity contribution in [2.24, 2.45) is 0 Å². The SMILES string of the molecule is Cc1ccc(S(=O)(=O)[N-]c2ccccc2[N-]S(=O)(=O)c2ccc(C)cc2)cc1.[CH3-].[CH3-].[Pd]. The molecule has 6 nitrogen and oxygen atoms in total. The molecule has 0 aliphatic rings. The van der Waals surface area contributed by atoms with Gasteiger partial charge in [-0.3, -0.25) is 0 Å². The second-order valence-corrected chi connectivity index (χ2v) is 9.46. The van der Waals surface area contributed by atoms with E-state index in [-0.39, 0.29) is 56.4 Å². The molecule has 3 aromatic carbocycles. The zero-order valence-electron chi connectivity index (χ0n) is 17.6. The number of rotatable bonds is 6. The van der Waals surface area contributed by atoms with Crippen molar-refractivity contribution in [2.75, 3.05) is 0 Å². The average Bonchev–Trinajstić information content (AvgIpc) is 2.64. The molecule has 0 spiro atoms. The summed E-state index contributed by atoms with van der Waals surface area (Å²) in [5.74, 6) is 0. The maximum Gasteiger partial charge on any atom is 0.123 e. The molecular weight excluding hydrogens is 527 g/mol. The Bertz CT molecular complexity index is 1100. The van der Waals surface area contributed by atoms with Crippen LogP contribution in [0.3, 0.4) is 0 Å². The van der Waals surface area contributed by atoms with Crippen LogP contribution in [-0.2, 0) is 40.5 Å². The predicted molar refractivity (Wildman–Crippen MR) is 122 cm³/mol. The van der Waals surface area contributed by atoms with Crippen molar-refractivity contribution in [1.29, 1.82) is 0 Å². The quantitative estimate of drug-likeness (QED) is 0.278. The van der Waals surface area contributed by atoms with E-state index in [0.717, 1.165) is 11.1 Å². The third-order valence-corrected chi connectivity index (χ3v) is 6.57. The van der Waals surface area contributed by atoms with Gasteiger partial charge in [-0.25, -0.2) is 16.8 Å². The van der Waals surface area contributed by atoms with Gasteiger partial charge in [-0.15, -0.1) is 11.4 Å². The largest absolute Gasteiger partial charge is 0.574 e. The van der Waals surface area contributed by atoms with Gasteiger partial charge >= 0.3 is 0 Å². The van der Waals surface area contributed by atoms with Crippen LogP contribution in [0.5, 0.6) is 0 Å². The molecule has 0 N–H and O–H groups in total. The van der Waals surface area contributed by atoms with Crippen molar-refractivity contribution in [3.63, 3.8) is 0 Å². The zero-order chi connectivity index (χ0) is 20.4. The standard InChI is InChI=1S/C20H18N2O4S2.2CH3.Pd/c1-15-7-11-17(12-8-15)27(23,24)21-19-5-3-4-6-20(19)22-28(25,26)18-13-9-16(2)10-14-18;;;/h3-14H,1-2H3;2*1H3;/q-2;2*-1;. The van der Waals surface area contributed by atoms with Crippen LogP contribution in [0.2, 0.25) is 0 Å². The molecule has 31 heavy (non-hydrogen) atoms. The smallest absolute Gasteiger partial charge is 0.123 e. The summed E-state index contributed by atoms with van der Waals surface area (Å²) in [6, 6.07) is 18.5. The number of nitrogens with zero attached hydrogens (tertiary/aromatic N) is 2. The Balaban J connectivity index is 0.00000300. The van der Waals surface area contributed by atoms with Crippen molar-refractivity contribution in [1.82, 2.24) is 0 Å². The molecule has 0 amide bonds. The molecule has 0 saturated heterocycles. The van der Waals surface area contributed by atoms with E-state index >= 15 is 0 Å². The molecule has 0 heterocycles. The average molecular weight is 551 g/mol. The number of hydrogen-bond acceptors (Lipinski definition) is 4. The van der Waals surface area contributed by atoms with Gasteiger partial charge < -0.3 is 24.3 Å². The van der Waals surface area contributed by atoms with Crippen LogP contribution in [0.4, 0.5) is 11.4 Å². The molecule has 0 aliphatic heterocycles. The van der Waals surface area contributed by atoms with Gasteiger partial charge in [0, 0.05) is 20.4 Å². The molecule has 3 rings (SSSR count). The minimum absolute atomic E-state index is 0. The van der Waals surface area contributed by atoms with E-state index in [1.165, 1.54) is 36.4 Å². The second kappa shape index (κ2) is 11.4. The molecule has 9 heteroatoms. The van der Waals surface area contributed by atoms with Gasteiger partial charge in [-0.2, -0.15) is 0 Å². The number of hydrogen-bond donors (Lipinski definition) is 0. The molecule has 0 aliphatic carbocycles. The van der Waals surface area contributed by atoms with Gasteiger partial charge in [-0.05, 0) is 38.1 Å². The minimum atomic E-state index is -4.01. The second-order valence-electron chi connectivity index (χ2n) is 6.25. The van der Waals surface area contributed by atoms with Gasteiger partial charge in [0.15, 0.2) is 0 Å². The molecule has 0 radical (unpaired) electrons. The fraction of sp³-hybridized carbons (Fsp3) is 0.0909. The first-order chi connectivity index (χ1) is 13.2. The summed E-state index contributed by atoms with van der Waals surface area (Å²) in [7, 11) is -8.02. The topological polar surface area (TPSA) is 96.5 Å². The minimum Gasteiger partial charge on any atom is -0.574 e. The Morgan fingerprint density at radius 2 is 0.839 bits per heavy atom. The number of sulfonamides is 2. The fourth-order valence-electron chi connectivity index (χ4n) is 2.40. The number of aryl methyl sites for hydroxylation is 2. The maximum absolute atomic E-state index is 12.6. The van der Waals surface area contributed by atoms with E-state index < -0.39 is 20.0 Å². The van der Waals surface area contributed by atoms with Crippen molar-refractivity contribution >= 4 is 31.4 Å². The first-order valence-corrected chi connectivity index (χ1v) is 11.2. The summed E-state index contributed by atoms with van der Waals surface area (Å²) in [5, 5.41) is 0. The fourth-order valence-corrected chi connectivity index (χ4v) is 4.40. The van der Waals surface area contributed by atoms with Crippen molar-refractivity contribution in [3.05, 3.63) is 108 Å². The van der Waals surface area contributed by atoms with Crippen LogP contribution in [-0.4, -0.2) is 16.8 Å². The number of benzene rings is 3. The van der Waals surface area contributed by atoms with E-state index in [1.807, 2.05) is 13.8 Å². The molecule has 3 aromatic rings. The Hall–Kier alpha value is -2.18. The van der Waals surface area contributed by atoms with E-state index in [9.17, 15) is 16.8 Å². The van der Waals surface area contributed by atoms with Gasteiger partial charge in [0.1, 0.15) is 20.0 Å². The van der Waals surface area contributed by atoms with Crippen LogP contribution >= 0.6 is 0 Å². The maximum atomic E-state index is 12.6. The zero-order valence-corrected chi connectivity index (χ0v) is 20.8. The van der Waals surface area contributed by atoms with Gasteiger partial charge in [0.2, 0.25) is 0 Å². The summed E-state index contributed by atoms with van der Waals surface area (Å²) in [6.45, 7) is 3.69. The molecule has 0 aromatic heterocycles. The summed E-state index contributed by atoms with van der Waals surface area (Å²) in [6.07, 6.45) is 0. The molecule has 0 bridgehead atoms. The molecular formula is C22H24N2O4PdS2-4. The summed E-state index contributed by atoms with van der Waals surface area (Å²) < 4.78 is 57.9. The van der Waals surface area contributed by atoms with E-state index in [4.69, 9.17) is 0 Å². The first kappa shape index (κ1) is 28.8. The third kappa shape index (κ3) is 7.18. The molecule has 0 unspecified atom stereocenters. The van der Waals surface area contributed by atoms with Gasteiger partial charge in [0.05, 0.1) is 9.79 Å².